The third-order valence-corrected chi connectivity index (χ3v) is 4.43. The van der Waals surface area contributed by atoms with Crippen molar-refractivity contribution in [3.8, 4) is 0 Å². The Kier molecular flexibility index (Phi) is 5.20. The van der Waals surface area contributed by atoms with Gasteiger partial charge in [0.25, 0.3) is 5.56 Å². The van der Waals surface area contributed by atoms with E-state index in [0.29, 0.717) is 24.9 Å². The minimum absolute atomic E-state index is 0.0922. The molecule has 0 unspecified atom stereocenters. The number of hydrogen-bond acceptors (Lipinski definition) is 4. The zero-order valence-electron chi connectivity index (χ0n) is 13.5. The van der Waals surface area contributed by atoms with Crippen molar-refractivity contribution >= 4 is 0 Å². The number of nitrogens with zero attached hydrogens (tertiary/aromatic N) is 2. The molecule has 0 spiro atoms. The van der Waals surface area contributed by atoms with Crippen LogP contribution in [-0.2, 0) is 17.9 Å². The maximum absolute atomic E-state index is 11.7. The molecule has 2 heterocycles. The van der Waals surface area contributed by atoms with Gasteiger partial charge in [-0.05, 0) is 30.9 Å². The molecular weight excluding hydrogens is 290 g/mol. The molecule has 1 saturated heterocycles. The molecule has 0 bridgehead atoms. The molecule has 5 heteroatoms. The first kappa shape index (κ1) is 15.9. The Balaban J connectivity index is 1.46. The lowest BCUT2D eigenvalue weighted by Crippen LogP contribution is -2.38. The van der Waals surface area contributed by atoms with Gasteiger partial charge in [-0.1, -0.05) is 24.3 Å². The summed E-state index contributed by atoms with van der Waals surface area (Å²) in [4.78, 5) is 20.8. The molecule has 5 nitrogen and oxygen atoms in total. The summed E-state index contributed by atoms with van der Waals surface area (Å²) in [5, 5.41) is 0. The maximum atomic E-state index is 11.7. The first-order valence-corrected chi connectivity index (χ1v) is 8.13. The van der Waals surface area contributed by atoms with Crippen LogP contribution in [0.1, 0.15) is 29.7 Å². The summed E-state index contributed by atoms with van der Waals surface area (Å²) in [6, 6.07) is 8.35. The van der Waals surface area contributed by atoms with Gasteiger partial charge in [0.15, 0.2) is 0 Å². The summed E-state index contributed by atoms with van der Waals surface area (Å²) in [6.45, 7) is 5.28. The number of hydrogen-bond donors (Lipinski definition) is 1. The number of likely N-dealkylation sites (tertiary alicyclic amines) is 1. The van der Waals surface area contributed by atoms with Crippen LogP contribution in [0, 0.1) is 6.92 Å². The van der Waals surface area contributed by atoms with Gasteiger partial charge >= 0.3 is 0 Å². The molecule has 0 radical (unpaired) electrons. The molecule has 122 valence electrons. The van der Waals surface area contributed by atoms with Crippen LogP contribution in [0.4, 0.5) is 0 Å². The van der Waals surface area contributed by atoms with Crippen LogP contribution < -0.4 is 5.56 Å². The average molecular weight is 313 g/mol. The van der Waals surface area contributed by atoms with Gasteiger partial charge in [0, 0.05) is 32.0 Å². The lowest BCUT2D eigenvalue weighted by atomic mass is 10.1. The second-order valence-corrected chi connectivity index (χ2v) is 6.08. The number of aromatic amines is 1. The van der Waals surface area contributed by atoms with Crippen LogP contribution in [0.15, 0.2) is 41.5 Å². The predicted molar refractivity (Wildman–Crippen MR) is 89.1 cm³/mol. The van der Waals surface area contributed by atoms with E-state index in [0.717, 1.165) is 25.9 Å². The Morgan fingerprint density at radius 1 is 1.30 bits per heavy atom. The first-order valence-electron chi connectivity index (χ1n) is 8.13. The molecule has 2 aromatic rings. The predicted octanol–water partition coefficient (Wildman–Crippen LogP) is 2.26. The van der Waals surface area contributed by atoms with Gasteiger partial charge < -0.3 is 9.72 Å². The highest BCUT2D eigenvalue weighted by Gasteiger charge is 2.20. The van der Waals surface area contributed by atoms with E-state index in [1.165, 1.54) is 11.1 Å². The molecule has 3 rings (SSSR count). The topological polar surface area (TPSA) is 58.2 Å². The highest BCUT2D eigenvalue weighted by Crippen LogP contribution is 2.17. The maximum Gasteiger partial charge on any atom is 0.270 e. The lowest BCUT2D eigenvalue weighted by molar-refractivity contribution is -0.00439. The molecule has 0 atom stereocenters. The van der Waals surface area contributed by atoms with Crippen molar-refractivity contribution < 1.29 is 4.74 Å². The average Bonchev–Trinajstić information content (AvgIpc) is 2.57. The molecule has 1 fully saturated rings. The molecule has 0 amide bonds. The Bertz CT molecular complexity index is 690. The third kappa shape index (κ3) is 4.27. The van der Waals surface area contributed by atoms with Gasteiger partial charge in [0.2, 0.25) is 0 Å². The summed E-state index contributed by atoms with van der Waals surface area (Å²) in [5.74, 6) is 0. The highest BCUT2D eigenvalue weighted by molar-refractivity contribution is 5.24. The monoisotopic (exact) mass is 313 g/mol. The number of aromatic nitrogens is 2. The van der Waals surface area contributed by atoms with E-state index >= 15 is 0 Å². The first-order chi connectivity index (χ1) is 11.2. The van der Waals surface area contributed by atoms with Gasteiger partial charge in [0.05, 0.1) is 12.7 Å². The Morgan fingerprint density at radius 2 is 2.09 bits per heavy atom. The lowest BCUT2D eigenvalue weighted by Gasteiger charge is -2.31. The van der Waals surface area contributed by atoms with Gasteiger partial charge in [0.1, 0.15) is 5.69 Å². The van der Waals surface area contributed by atoms with Crippen molar-refractivity contribution in [3.63, 3.8) is 0 Å². The van der Waals surface area contributed by atoms with E-state index < -0.39 is 0 Å². The van der Waals surface area contributed by atoms with Crippen molar-refractivity contribution in [2.75, 3.05) is 13.1 Å². The van der Waals surface area contributed by atoms with Crippen molar-refractivity contribution in [2.45, 2.75) is 39.0 Å². The summed E-state index contributed by atoms with van der Waals surface area (Å²) < 4.78 is 6.06. The van der Waals surface area contributed by atoms with Crippen LogP contribution in [0.3, 0.4) is 0 Å². The second-order valence-electron chi connectivity index (χ2n) is 6.08. The van der Waals surface area contributed by atoms with Crippen molar-refractivity contribution in [3.05, 3.63) is 63.8 Å². The van der Waals surface area contributed by atoms with Crippen molar-refractivity contribution in [1.82, 2.24) is 14.9 Å². The van der Waals surface area contributed by atoms with E-state index in [4.69, 9.17) is 4.74 Å². The van der Waals surface area contributed by atoms with Crippen molar-refractivity contribution in [2.24, 2.45) is 0 Å². The molecule has 0 saturated carbocycles. The second kappa shape index (κ2) is 7.53. The van der Waals surface area contributed by atoms with E-state index in [1.807, 2.05) is 0 Å². The van der Waals surface area contributed by atoms with E-state index in [9.17, 15) is 4.79 Å². The molecule has 1 aromatic heterocycles. The Labute approximate surface area is 136 Å². The number of piperidine rings is 1. The van der Waals surface area contributed by atoms with Gasteiger partial charge in [-0.15, -0.1) is 0 Å². The number of benzene rings is 1. The quantitative estimate of drug-likeness (QED) is 0.920. The molecular formula is C18H23N3O2. The fourth-order valence-corrected chi connectivity index (χ4v) is 2.92. The molecule has 1 N–H and O–H groups in total. The largest absolute Gasteiger partial charge is 0.373 e. The zero-order valence-corrected chi connectivity index (χ0v) is 13.5. The van der Waals surface area contributed by atoms with Crippen LogP contribution in [0.5, 0.6) is 0 Å². The molecule has 1 aromatic carbocycles. The molecule has 0 aliphatic carbocycles. The number of H-pyrrole nitrogens is 1. The number of nitrogens with one attached hydrogen (secondary N) is 1. The fraction of sp³-hybridized carbons (Fsp3) is 0.444. The van der Waals surface area contributed by atoms with Crippen LogP contribution in [0.2, 0.25) is 0 Å². The fourth-order valence-electron chi connectivity index (χ4n) is 2.92. The summed E-state index contributed by atoms with van der Waals surface area (Å²) in [5.41, 5.74) is 3.03. The standard InChI is InChI=1S/C18H23N3O2/c1-14-4-2-3-5-15(14)13-23-16-6-10-21(11-7-16)12-17-18(22)20-9-8-19-17/h2-5,8-9,16H,6-7,10-13H2,1H3,(H,20,22). The van der Waals surface area contributed by atoms with Crippen LogP contribution in [0.25, 0.3) is 0 Å². The SMILES string of the molecule is Cc1ccccc1COC1CCN(Cc2ncc[nH]c2=O)CC1. The minimum Gasteiger partial charge on any atom is -0.373 e. The van der Waals surface area contributed by atoms with Gasteiger partial charge in [-0.25, -0.2) is 0 Å². The molecule has 1 aliphatic rings. The third-order valence-electron chi connectivity index (χ3n) is 4.43. The van der Waals surface area contributed by atoms with Crippen molar-refractivity contribution in [1.29, 1.82) is 0 Å². The number of ether oxygens (including phenoxy) is 1. The Hall–Kier alpha value is -1.98. The Morgan fingerprint density at radius 3 is 2.83 bits per heavy atom. The highest BCUT2D eigenvalue weighted by atomic mass is 16.5. The van der Waals surface area contributed by atoms with E-state index in [2.05, 4.69) is 46.1 Å². The van der Waals surface area contributed by atoms with Crippen LogP contribution in [-0.4, -0.2) is 34.1 Å². The minimum atomic E-state index is -0.0922. The number of aryl methyl sites for hydroxylation is 1. The normalized spacial score (nSPS) is 16.6. The summed E-state index contributed by atoms with van der Waals surface area (Å²) in [7, 11) is 0. The summed E-state index contributed by atoms with van der Waals surface area (Å²) in [6.07, 6.45) is 5.49. The van der Waals surface area contributed by atoms with Gasteiger partial charge in [-0.3, -0.25) is 14.7 Å². The summed E-state index contributed by atoms with van der Waals surface area (Å²) >= 11 is 0. The molecule has 1 aliphatic heterocycles. The van der Waals surface area contributed by atoms with Gasteiger partial charge in [-0.2, -0.15) is 0 Å². The smallest absolute Gasteiger partial charge is 0.270 e. The van der Waals surface area contributed by atoms with Crippen LogP contribution >= 0.6 is 0 Å². The number of rotatable bonds is 5. The van der Waals surface area contributed by atoms with E-state index in [1.54, 1.807) is 12.4 Å². The van der Waals surface area contributed by atoms with E-state index in [-0.39, 0.29) is 5.56 Å². The molecule has 23 heavy (non-hydrogen) atoms. The zero-order chi connectivity index (χ0) is 16.1.